The number of sulfonamides is 1. The molecule has 1 unspecified atom stereocenters. The lowest BCUT2D eigenvalue weighted by molar-refractivity contribution is 0.159. The second-order valence-electron chi connectivity index (χ2n) is 6.47. The van der Waals surface area contributed by atoms with Crippen LogP contribution < -0.4 is 14.2 Å². The molecular weight excluding hydrogens is 411 g/mol. The fourth-order valence-electron chi connectivity index (χ4n) is 2.97. The van der Waals surface area contributed by atoms with E-state index in [0.29, 0.717) is 34.6 Å². The number of halogens is 2. The number of likely N-dealkylation sites (N-methyl/N-ethyl adjacent to an activating group) is 1. The number of fused-ring (bicyclic) bond motifs is 1. The maximum Gasteiger partial charge on any atom is 0.265 e. The van der Waals surface area contributed by atoms with E-state index in [4.69, 9.17) is 32.7 Å². The van der Waals surface area contributed by atoms with Crippen molar-refractivity contribution in [2.24, 2.45) is 0 Å². The van der Waals surface area contributed by atoms with Crippen LogP contribution in [-0.2, 0) is 16.4 Å². The van der Waals surface area contributed by atoms with Gasteiger partial charge in [0.1, 0.15) is 23.0 Å². The van der Waals surface area contributed by atoms with Gasteiger partial charge in [-0.2, -0.15) is 0 Å². The van der Waals surface area contributed by atoms with Crippen LogP contribution in [0, 0.1) is 0 Å². The molecule has 2 aromatic carbocycles. The van der Waals surface area contributed by atoms with Crippen molar-refractivity contribution in [1.29, 1.82) is 0 Å². The Morgan fingerprint density at radius 3 is 2.44 bits per heavy atom. The smallest absolute Gasteiger partial charge is 0.265 e. The summed E-state index contributed by atoms with van der Waals surface area (Å²) in [5, 5.41) is 0.670. The Morgan fingerprint density at radius 2 is 1.85 bits per heavy atom. The van der Waals surface area contributed by atoms with Gasteiger partial charge in [-0.1, -0.05) is 23.2 Å². The van der Waals surface area contributed by atoms with Gasteiger partial charge in [-0.25, -0.2) is 8.42 Å². The Hall–Kier alpha value is -1.67. The summed E-state index contributed by atoms with van der Waals surface area (Å²) in [5.74, 6) is 0.911. The van der Waals surface area contributed by atoms with Crippen LogP contribution >= 0.6 is 23.2 Å². The molecular formula is C18H20Cl2N2O4S. The summed E-state index contributed by atoms with van der Waals surface area (Å²) in [7, 11) is 1.55. The van der Waals surface area contributed by atoms with E-state index in [1.54, 1.807) is 13.2 Å². The van der Waals surface area contributed by atoms with Gasteiger partial charge in [0.25, 0.3) is 10.0 Å². The van der Waals surface area contributed by atoms with Crippen LogP contribution in [0.3, 0.4) is 0 Å². The van der Waals surface area contributed by atoms with Gasteiger partial charge in [0, 0.05) is 21.7 Å². The van der Waals surface area contributed by atoms with E-state index in [1.165, 1.54) is 24.3 Å². The predicted molar refractivity (Wildman–Crippen MR) is 107 cm³/mol. The third kappa shape index (κ3) is 4.27. The van der Waals surface area contributed by atoms with Gasteiger partial charge in [-0.15, -0.1) is 0 Å². The quantitative estimate of drug-likeness (QED) is 0.783. The molecule has 3 rings (SSSR count). The summed E-state index contributed by atoms with van der Waals surface area (Å²) in [6.07, 6.45) is 0.623. The average Bonchev–Trinajstić information content (AvgIpc) is 2.58. The van der Waals surface area contributed by atoms with Crippen molar-refractivity contribution in [2.45, 2.75) is 17.4 Å². The largest absolute Gasteiger partial charge is 0.496 e. The molecule has 0 aromatic heterocycles. The van der Waals surface area contributed by atoms with E-state index in [9.17, 15) is 8.42 Å². The van der Waals surface area contributed by atoms with Crippen molar-refractivity contribution in [3.05, 3.63) is 45.9 Å². The van der Waals surface area contributed by atoms with E-state index in [2.05, 4.69) is 4.72 Å². The number of rotatable bonds is 5. The summed E-state index contributed by atoms with van der Waals surface area (Å²) < 4.78 is 39.7. The first-order valence-corrected chi connectivity index (χ1v) is 10.4. The van der Waals surface area contributed by atoms with Crippen molar-refractivity contribution in [3.63, 3.8) is 0 Å². The third-order valence-electron chi connectivity index (χ3n) is 4.40. The predicted octanol–water partition coefficient (Wildman–Crippen LogP) is 3.67. The van der Waals surface area contributed by atoms with E-state index < -0.39 is 10.0 Å². The number of hydrogen-bond acceptors (Lipinski definition) is 5. The summed E-state index contributed by atoms with van der Waals surface area (Å²) in [6, 6.07) is 7.75. The summed E-state index contributed by atoms with van der Waals surface area (Å²) in [4.78, 5) is 2.09. The molecule has 1 aliphatic heterocycles. The molecule has 0 saturated carbocycles. The number of nitrogens with one attached hydrogen (secondary N) is 1. The number of nitrogens with zero attached hydrogens (tertiary/aromatic N) is 1. The van der Waals surface area contributed by atoms with Gasteiger partial charge >= 0.3 is 0 Å². The number of methoxy groups -OCH3 is 1. The molecule has 1 aliphatic rings. The summed E-state index contributed by atoms with van der Waals surface area (Å²) in [6.45, 7) is 0.388. The molecule has 146 valence electrons. The monoisotopic (exact) mass is 430 g/mol. The fraction of sp³-hybridized carbons (Fsp3) is 0.333. The Kier molecular flexibility index (Phi) is 5.76. The SMILES string of the molecule is COc1ccc(S(=O)(=O)Nc2cc(Cl)cc(Cl)c2)c2c1CC(N(C)C)CO2. The zero-order valence-electron chi connectivity index (χ0n) is 15.1. The zero-order valence-corrected chi connectivity index (χ0v) is 17.5. The molecule has 0 fully saturated rings. The highest BCUT2D eigenvalue weighted by molar-refractivity contribution is 7.92. The lowest BCUT2D eigenvalue weighted by Crippen LogP contribution is -2.39. The van der Waals surface area contributed by atoms with Crippen LogP contribution in [0.25, 0.3) is 0 Å². The zero-order chi connectivity index (χ0) is 19.8. The highest BCUT2D eigenvalue weighted by atomic mass is 35.5. The van der Waals surface area contributed by atoms with E-state index in [0.717, 1.165) is 5.56 Å². The van der Waals surface area contributed by atoms with E-state index in [1.807, 2.05) is 19.0 Å². The van der Waals surface area contributed by atoms with Gasteiger partial charge in [-0.05, 0) is 50.8 Å². The molecule has 1 atom stereocenters. The van der Waals surface area contributed by atoms with Crippen LogP contribution in [0.4, 0.5) is 5.69 Å². The lowest BCUT2D eigenvalue weighted by atomic mass is 10.0. The van der Waals surface area contributed by atoms with Crippen molar-refractivity contribution in [3.8, 4) is 11.5 Å². The Labute approximate surface area is 169 Å². The molecule has 6 nitrogen and oxygen atoms in total. The molecule has 9 heteroatoms. The molecule has 0 aliphatic carbocycles. The van der Waals surface area contributed by atoms with Crippen LogP contribution in [-0.4, -0.2) is 47.2 Å². The van der Waals surface area contributed by atoms with Gasteiger partial charge in [0.2, 0.25) is 0 Å². The third-order valence-corrected chi connectivity index (χ3v) is 6.24. The number of ether oxygens (including phenoxy) is 2. The topological polar surface area (TPSA) is 67.9 Å². The molecule has 0 amide bonds. The molecule has 1 heterocycles. The Morgan fingerprint density at radius 1 is 1.19 bits per heavy atom. The minimum atomic E-state index is -3.91. The second kappa shape index (κ2) is 7.75. The number of anilines is 1. The second-order valence-corrected chi connectivity index (χ2v) is 8.99. The Bertz CT molecular complexity index is 944. The minimum Gasteiger partial charge on any atom is -0.496 e. The first-order valence-electron chi connectivity index (χ1n) is 8.19. The van der Waals surface area contributed by atoms with Crippen LogP contribution in [0.5, 0.6) is 11.5 Å². The van der Waals surface area contributed by atoms with E-state index in [-0.39, 0.29) is 16.6 Å². The van der Waals surface area contributed by atoms with Crippen molar-refractivity contribution in [2.75, 3.05) is 32.5 Å². The summed E-state index contributed by atoms with van der Waals surface area (Å²) in [5.41, 5.74) is 1.01. The minimum absolute atomic E-state index is 0.0478. The lowest BCUT2D eigenvalue weighted by Gasteiger charge is -2.31. The number of hydrogen-bond donors (Lipinski definition) is 1. The first-order chi connectivity index (χ1) is 12.7. The van der Waals surface area contributed by atoms with Gasteiger partial charge in [0.05, 0.1) is 12.8 Å². The summed E-state index contributed by atoms with van der Waals surface area (Å²) >= 11 is 11.9. The van der Waals surface area contributed by atoms with E-state index >= 15 is 0 Å². The number of benzene rings is 2. The van der Waals surface area contributed by atoms with Gasteiger partial charge in [-0.3, -0.25) is 4.72 Å². The standard InChI is InChI=1S/C18H20Cl2N2O4S/c1-22(2)14-9-15-16(25-3)4-5-17(18(15)26-10-14)27(23,24)21-13-7-11(19)6-12(20)8-13/h4-8,14,21H,9-10H2,1-3H3. The fourth-order valence-corrected chi connectivity index (χ4v) is 4.71. The molecule has 0 spiro atoms. The highest BCUT2D eigenvalue weighted by Crippen LogP contribution is 2.39. The molecule has 1 N–H and O–H groups in total. The van der Waals surface area contributed by atoms with Crippen molar-refractivity contribution < 1.29 is 17.9 Å². The van der Waals surface area contributed by atoms with Crippen molar-refractivity contribution >= 4 is 38.9 Å². The van der Waals surface area contributed by atoms with Crippen LogP contribution in [0.1, 0.15) is 5.56 Å². The maximum atomic E-state index is 13.0. The van der Waals surface area contributed by atoms with Gasteiger partial charge < -0.3 is 14.4 Å². The normalized spacial score (nSPS) is 16.6. The first kappa shape index (κ1) is 20.1. The molecule has 0 bridgehead atoms. The maximum absolute atomic E-state index is 13.0. The molecule has 0 saturated heterocycles. The Balaban J connectivity index is 2.02. The highest BCUT2D eigenvalue weighted by Gasteiger charge is 2.31. The van der Waals surface area contributed by atoms with Gasteiger partial charge in [0.15, 0.2) is 0 Å². The average molecular weight is 431 g/mol. The molecule has 27 heavy (non-hydrogen) atoms. The van der Waals surface area contributed by atoms with Crippen LogP contribution in [0.2, 0.25) is 10.0 Å². The molecule has 2 aromatic rings. The van der Waals surface area contributed by atoms with Crippen LogP contribution in [0.15, 0.2) is 35.2 Å². The van der Waals surface area contributed by atoms with Crippen molar-refractivity contribution in [1.82, 2.24) is 4.90 Å². The molecule has 0 radical (unpaired) electrons.